The largest absolute Gasteiger partial charge is 0.467 e. The van der Waals surface area contributed by atoms with Gasteiger partial charge in [0.2, 0.25) is 0 Å². The van der Waals surface area contributed by atoms with Crippen LogP contribution in [0.1, 0.15) is 41.4 Å². The summed E-state index contributed by atoms with van der Waals surface area (Å²) < 4.78 is 9.27. The van der Waals surface area contributed by atoms with E-state index in [0.29, 0.717) is 23.6 Å². The standard InChI is InChI=1S/C20H21N7O/c1-11-21-12(2)27(25-11)18-10-16(23-20(24-18)28-4)13-9-14(13)19-22-15-7-5-6-8-17(15)26(19)3/h5-8,10,13-14H,9H2,1-4H3/t13-,14?/m0/s1. The van der Waals surface area contributed by atoms with Gasteiger partial charge in [0.15, 0.2) is 5.82 Å². The smallest absolute Gasteiger partial charge is 0.318 e. The van der Waals surface area contributed by atoms with E-state index in [-0.39, 0.29) is 5.92 Å². The molecule has 8 heteroatoms. The summed E-state index contributed by atoms with van der Waals surface area (Å²) >= 11 is 0. The molecule has 8 nitrogen and oxygen atoms in total. The summed E-state index contributed by atoms with van der Waals surface area (Å²) in [6, 6.07) is 10.5. The highest BCUT2D eigenvalue weighted by atomic mass is 16.5. The van der Waals surface area contributed by atoms with Crippen LogP contribution >= 0.6 is 0 Å². The van der Waals surface area contributed by atoms with Gasteiger partial charge in [-0.15, -0.1) is 5.10 Å². The van der Waals surface area contributed by atoms with Gasteiger partial charge in [0.1, 0.15) is 17.5 Å². The first-order valence-electron chi connectivity index (χ1n) is 9.30. The lowest BCUT2D eigenvalue weighted by atomic mass is 10.2. The number of ether oxygens (including phenoxy) is 1. The number of rotatable bonds is 4. The lowest BCUT2D eigenvalue weighted by Crippen LogP contribution is -2.07. The van der Waals surface area contributed by atoms with Gasteiger partial charge in [0, 0.05) is 24.9 Å². The minimum absolute atomic E-state index is 0.288. The second-order valence-electron chi connectivity index (χ2n) is 7.22. The first-order chi connectivity index (χ1) is 13.5. The topological polar surface area (TPSA) is 83.5 Å². The fourth-order valence-electron chi connectivity index (χ4n) is 3.86. The highest BCUT2D eigenvalue weighted by molar-refractivity contribution is 5.76. The monoisotopic (exact) mass is 375 g/mol. The van der Waals surface area contributed by atoms with Crippen molar-refractivity contribution in [2.75, 3.05) is 7.11 Å². The summed E-state index contributed by atoms with van der Waals surface area (Å²) in [5.74, 6) is 3.89. The Bertz CT molecular complexity index is 1190. The van der Waals surface area contributed by atoms with E-state index >= 15 is 0 Å². The number of para-hydroxylation sites is 2. The quantitative estimate of drug-likeness (QED) is 0.545. The molecule has 1 aliphatic rings. The molecule has 0 radical (unpaired) electrons. The first-order valence-corrected chi connectivity index (χ1v) is 9.30. The Morgan fingerprint density at radius 2 is 1.86 bits per heavy atom. The molecular weight excluding hydrogens is 354 g/mol. The summed E-state index contributed by atoms with van der Waals surface area (Å²) in [4.78, 5) is 18.3. The van der Waals surface area contributed by atoms with Crippen molar-refractivity contribution in [1.29, 1.82) is 0 Å². The predicted octanol–water partition coefficient (Wildman–Crippen LogP) is 2.84. The maximum Gasteiger partial charge on any atom is 0.318 e. The number of aromatic nitrogens is 7. The lowest BCUT2D eigenvalue weighted by molar-refractivity contribution is 0.376. The van der Waals surface area contributed by atoms with E-state index in [2.05, 4.69) is 43.8 Å². The molecule has 0 N–H and O–H groups in total. The molecule has 0 saturated heterocycles. The maximum atomic E-state index is 5.35. The molecule has 1 unspecified atom stereocenters. The molecule has 5 rings (SSSR count). The van der Waals surface area contributed by atoms with Gasteiger partial charge in [-0.1, -0.05) is 12.1 Å². The van der Waals surface area contributed by atoms with Gasteiger partial charge in [-0.2, -0.15) is 14.6 Å². The number of hydrogen-bond acceptors (Lipinski definition) is 6. The molecular formula is C20H21N7O. The minimum atomic E-state index is 0.288. The van der Waals surface area contributed by atoms with Crippen molar-refractivity contribution in [1.82, 2.24) is 34.3 Å². The SMILES string of the molecule is COc1nc([C@H]2CC2c2nc3ccccc3n2C)cc(-n2nc(C)nc2C)n1. The third kappa shape index (κ3) is 2.64. The zero-order valence-electron chi connectivity index (χ0n) is 16.3. The molecule has 4 aromatic rings. The average molecular weight is 375 g/mol. The molecule has 142 valence electrons. The summed E-state index contributed by atoms with van der Waals surface area (Å²) in [5, 5.41) is 4.44. The van der Waals surface area contributed by atoms with Crippen LogP contribution in [0.2, 0.25) is 0 Å². The Labute approximate surface area is 162 Å². The van der Waals surface area contributed by atoms with Gasteiger partial charge in [-0.05, 0) is 32.4 Å². The van der Waals surface area contributed by atoms with Crippen LogP contribution in [0.25, 0.3) is 16.9 Å². The lowest BCUT2D eigenvalue weighted by Gasteiger charge is -2.08. The Morgan fingerprint density at radius 3 is 2.57 bits per heavy atom. The normalized spacial score (nSPS) is 18.6. The van der Waals surface area contributed by atoms with Crippen LogP contribution in [0.4, 0.5) is 0 Å². The molecule has 0 spiro atoms. The number of imidazole rings is 1. The molecule has 2 atom stereocenters. The van der Waals surface area contributed by atoms with Gasteiger partial charge < -0.3 is 9.30 Å². The Hall–Kier alpha value is -3.29. The van der Waals surface area contributed by atoms with Crippen molar-refractivity contribution in [3.05, 3.63) is 53.5 Å². The second kappa shape index (κ2) is 6.12. The zero-order chi connectivity index (χ0) is 19.4. The van der Waals surface area contributed by atoms with Crippen LogP contribution in [-0.2, 0) is 7.05 Å². The average Bonchev–Trinajstić information content (AvgIpc) is 3.33. The van der Waals surface area contributed by atoms with Crippen molar-refractivity contribution in [3.8, 4) is 11.8 Å². The van der Waals surface area contributed by atoms with E-state index < -0.39 is 0 Å². The Balaban J connectivity index is 1.52. The van der Waals surface area contributed by atoms with Crippen molar-refractivity contribution in [2.45, 2.75) is 32.1 Å². The van der Waals surface area contributed by atoms with Crippen molar-refractivity contribution >= 4 is 11.0 Å². The van der Waals surface area contributed by atoms with Gasteiger partial charge in [0.05, 0.1) is 23.8 Å². The van der Waals surface area contributed by atoms with Crippen LogP contribution in [0.3, 0.4) is 0 Å². The molecule has 1 aromatic carbocycles. The molecule has 0 amide bonds. The highest BCUT2D eigenvalue weighted by Gasteiger charge is 2.44. The fourth-order valence-corrected chi connectivity index (χ4v) is 3.86. The van der Waals surface area contributed by atoms with Crippen molar-refractivity contribution in [3.63, 3.8) is 0 Å². The van der Waals surface area contributed by atoms with Crippen molar-refractivity contribution in [2.24, 2.45) is 7.05 Å². The number of fused-ring (bicyclic) bond motifs is 1. The van der Waals surface area contributed by atoms with Gasteiger partial charge in [-0.25, -0.2) is 9.97 Å². The maximum absolute atomic E-state index is 5.35. The van der Waals surface area contributed by atoms with Crippen LogP contribution in [0, 0.1) is 13.8 Å². The molecule has 1 aliphatic carbocycles. The number of methoxy groups -OCH3 is 1. The van der Waals surface area contributed by atoms with E-state index in [1.165, 1.54) is 0 Å². The van der Waals surface area contributed by atoms with Crippen molar-refractivity contribution < 1.29 is 4.74 Å². The highest BCUT2D eigenvalue weighted by Crippen LogP contribution is 2.54. The Morgan fingerprint density at radius 1 is 1.04 bits per heavy atom. The molecule has 0 bridgehead atoms. The van der Waals surface area contributed by atoms with Crippen LogP contribution in [0.5, 0.6) is 6.01 Å². The molecule has 1 saturated carbocycles. The van der Waals surface area contributed by atoms with Crippen LogP contribution in [0.15, 0.2) is 30.3 Å². The molecule has 3 heterocycles. The number of aryl methyl sites for hydroxylation is 3. The summed E-state index contributed by atoms with van der Waals surface area (Å²) in [6.45, 7) is 3.78. The van der Waals surface area contributed by atoms with E-state index in [0.717, 1.165) is 34.8 Å². The molecule has 28 heavy (non-hydrogen) atoms. The van der Waals surface area contributed by atoms with Crippen LogP contribution in [-0.4, -0.2) is 41.4 Å². The van der Waals surface area contributed by atoms with Gasteiger partial charge in [-0.3, -0.25) is 0 Å². The molecule has 3 aromatic heterocycles. The minimum Gasteiger partial charge on any atom is -0.467 e. The first kappa shape index (κ1) is 16.9. The molecule has 1 fully saturated rings. The van der Waals surface area contributed by atoms with Gasteiger partial charge in [0.25, 0.3) is 0 Å². The molecule has 0 aliphatic heterocycles. The zero-order valence-corrected chi connectivity index (χ0v) is 16.3. The third-order valence-corrected chi connectivity index (χ3v) is 5.31. The third-order valence-electron chi connectivity index (χ3n) is 5.31. The van der Waals surface area contributed by atoms with Crippen LogP contribution < -0.4 is 4.74 Å². The van der Waals surface area contributed by atoms with E-state index in [4.69, 9.17) is 9.72 Å². The number of nitrogens with zero attached hydrogens (tertiary/aromatic N) is 7. The fraction of sp³-hybridized carbons (Fsp3) is 0.350. The second-order valence-corrected chi connectivity index (χ2v) is 7.22. The number of hydrogen-bond donors (Lipinski definition) is 0. The summed E-state index contributed by atoms with van der Waals surface area (Å²) in [7, 11) is 3.66. The number of benzene rings is 1. The van der Waals surface area contributed by atoms with E-state index in [1.807, 2.05) is 32.0 Å². The van der Waals surface area contributed by atoms with Gasteiger partial charge >= 0.3 is 6.01 Å². The summed E-state index contributed by atoms with van der Waals surface area (Å²) in [5.41, 5.74) is 3.13. The van der Waals surface area contributed by atoms with E-state index in [9.17, 15) is 0 Å². The Kier molecular flexibility index (Phi) is 3.68. The van der Waals surface area contributed by atoms with E-state index in [1.54, 1.807) is 11.8 Å². The predicted molar refractivity (Wildman–Crippen MR) is 104 cm³/mol. The summed E-state index contributed by atoms with van der Waals surface area (Å²) in [6.07, 6.45) is 1.01.